The van der Waals surface area contributed by atoms with E-state index in [2.05, 4.69) is 21.2 Å². The number of benzene rings is 1. The van der Waals surface area contributed by atoms with Gasteiger partial charge in [0.1, 0.15) is 4.99 Å². The molecule has 2 rings (SSSR count). The molecule has 1 aliphatic rings. The first kappa shape index (κ1) is 14.7. The molecule has 7 heteroatoms. The van der Waals surface area contributed by atoms with Crippen molar-refractivity contribution >= 4 is 48.7 Å². The number of sulfone groups is 1. The number of halogens is 1. The van der Waals surface area contributed by atoms with Gasteiger partial charge in [0.05, 0.1) is 11.5 Å². The summed E-state index contributed by atoms with van der Waals surface area (Å²) in [5.41, 5.74) is 7.21. The smallest absolute Gasteiger partial charge is 0.152 e. The van der Waals surface area contributed by atoms with Crippen LogP contribution in [0.3, 0.4) is 0 Å². The Kier molecular flexibility index (Phi) is 4.47. The van der Waals surface area contributed by atoms with E-state index >= 15 is 0 Å². The largest absolute Gasteiger partial charge is 0.389 e. The summed E-state index contributed by atoms with van der Waals surface area (Å²) in [4.78, 5) is 0.340. The highest BCUT2D eigenvalue weighted by atomic mass is 79.9. The molecule has 1 heterocycles. The van der Waals surface area contributed by atoms with Gasteiger partial charge in [-0.15, -0.1) is 0 Å². The lowest BCUT2D eigenvalue weighted by Gasteiger charge is -2.24. The summed E-state index contributed by atoms with van der Waals surface area (Å²) in [5, 5.41) is 3.26. The van der Waals surface area contributed by atoms with Gasteiger partial charge in [0, 0.05) is 21.8 Å². The molecule has 1 aliphatic heterocycles. The van der Waals surface area contributed by atoms with E-state index < -0.39 is 9.84 Å². The van der Waals surface area contributed by atoms with Gasteiger partial charge in [0.2, 0.25) is 0 Å². The molecule has 19 heavy (non-hydrogen) atoms. The van der Waals surface area contributed by atoms with Crippen molar-refractivity contribution in [1.29, 1.82) is 0 Å². The third-order valence-corrected chi connectivity index (χ3v) is 5.79. The van der Waals surface area contributed by atoms with Crippen LogP contribution in [0.5, 0.6) is 0 Å². The van der Waals surface area contributed by atoms with Gasteiger partial charge in [-0.3, -0.25) is 0 Å². The van der Waals surface area contributed by atoms with Crippen LogP contribution in [0.15, 0.2) is 22.7 Å². The molecular formula is C12H15BrN2O2S2. The number of rotatable bonds is 3. The second kappa shape index (κ2) is 5.76. The van der Waals surface area contributed by atoms with Crippen molar-refractivity contribution in [2.45, 2.75) is 18.9 Å². The summed E-state index contributed by atoms with van der Waals surface area (Å²) in [6.07, 6.45) is 1.57. The number of hydrogen-bond acceptors (Lipinski definition) is 4. The molecule has 1 aromatic rings. The predicted molar refractivity (Wildman–Crippen MR) is 85.3 cm³/mol. The highest BCUT2D eigenvalue weighted by molar-refractivity contribution is 9.10. The Labute approximate surface area is 126 Å². The fraction of sp³-hybridized carbons (Fsp3) is 0.417. The number of nitrogens with two attached hydrogens (primary N) is 1. The van der Waals surface area contributed by atoms with E-state index in [4.69, 9.17) is 18.0 Å². The van der Waals surface area contributed by atoms with Crippen LogP contribution in [0.1, 0.15) is 18.4 Å². The van der Waals surface area contributed by atoms with Gasteiger partial charge in [-0.1, -0.05) is 12.2 Å². The first-order valence-electron chi connectivity index (χ1n) is 5.94. The second-order valence-corrected chi connectivity index (χ2v) is 8.18. The van der Waals surface area contributed by atoms with Crippen molar-refractivity contribution in [3.8, 4) is 0 Å². The average Bonchev–Trinajstić information content (AvgIpc) is 2.30. The van der Waals surface area contributed by atoms with Gasteiger partial charge >= 0.3 is 0 Å². The molecule has 0 spiro atoms. The normalized spacial score (nSPS) is 21.8. The van der Waals surface area contributed by atoms with Crippen molar-refractivity contribution in [2.75, 3.05) is 16.8 Å². The molecule has 0 amide bonds. The minimum atomic E-state index is -2.91. The molecule has 0 saturated carbocycles. The van der Waals surface area contributed by atoms with Crippen LogP contribution in [0.25, 0.3) is 0 Å². The Bertz CT molecular complexity index is 602. The standard InChI is InChI=1S/C12H15BrN2O2S2/c13-10-6-8(12(14)18)3-4-11(10)15-9-2-1-5-19(16,17)7-9/h3-4,6,9,15H,1-2,5,7H2,(H2,14,18). The van der Waals surface area contributed by atoms with Crippen LogP contribution in [-0.2, 0) is 9.84 Å². The van der Waals surface area contributed by atoms with Crippen LogP contribution in [-0.4, -0.2) is 31.0 Å². The van der Waals surface area contributed by atoms with E-state index in [-0.39, 0.29) is 11.8 Å². The summed E-state index contributed by atoms with van der Waals surface area (Å²) >= 11 is 8.36. The zero-order chi connectivity index (χ0) is 14.0. The van der Waals surface area contributed by atoms with Crippen LogP contribution in [0.4, 0.5) is 5.69 Å². The lowest BCUT2D eigenvalue weighted by molar-refractivity contribution is 0.562. The van der Waals surface area contributed by atoms with Crippen molar-refractivity contribution in [1.82, 2.24) is 0 Å². The summed E-state index contributed by atoms with van der Waals surface area (Å²) in [7, 11) is -2.91. The average molecular weight is 363 g/mol. The Hall–Kier alpha value is -0.660. The highest BCUT2D eigenvalue weighted by Crippen LogP contribution is 2.26. The van der Waals surface area contributed by atoms with E-state index in [1.165, 1.54) is 0 Å². The molecular weight excluding hydrogens is 348 g/mol. The minimum absolute atomic E-state index is 0.0364. The maximum Gasteiger partial charge on any atom is 0.152 e. The summed E-state index contributed by atoms with van der Waals surface area (Å²) in [6, 6.07) is 5.49. The number of nitrogens with one attached hydrogen (secondary N) is 1. The van der Waals surface area contributed by atoms with E-state index in [1.807, 2.05) is 18.2 Å². The van der Waals surface area contributed by atoms with Crippen molar-refractivity contribution < 1.29 is 8.42 Å². The van der Waals surface area contributed by atoms with Crippen LogP contribution in [0, 0.1) is 0 Å². The van der Waals surface area contributed by atoms with E-state index in [1.54, 1.807) is 0 Å². The maximum absolute atomic E-state index is 11.6. The summed E-state index contributed by atoms with van der Waals surface area (Å²) < 4.78 is 24.0. The van der Waals surface area contributed by atoms with Crippen molar-refractivity contribution in [2.24, 2.45) is 5.73 Å². The van der Waals surface area contributed by atoms with Gasteiger partial charge in [0.15, 0.2) is 9.84 Å². The predicted octanol–water partition coefficient (Wildman–Crippen LogP) is 2.07. The number of hydrogen-bond donors (Lipinski definition) is 2. The van der Waals surface area contributed by atoms with Gasteiger partial charge in [-0.25, -0.2) is 8.42 Å². The quantitative estimate of drug-likeness (QED) is 0.805. The van der Waals surface area contributed by atoms with Crippen LogP contribution >= 0.6 is 28.1 Å². The first-order valence-corrected chi connectivity index (χ1v) is 8.96. The zero-order valence-corrected chi connectivity index (χ0v) is 13.4. The molecule has 0 aliphatic carbocycles. The van der Waals surface area contributed by atoms with Gasteiger partial charge < -0.3 is 11.1 Å². The monoisotopic (exact) mass is 362 g/mol. The fourth-order valence-electron chi connectivity index (χ4n) is 2.14. The highest BCUT2D eigenvalue weighted by Gasteiger charge is 2.24. The molecule has 3 N–H and O–H groups in total. The Balaban J connectivity index is 2.13. The molecule has 1 fully saturated rings. The zero-order valence-electron chi connectivity index (χ0n) is 10.2. The molecule has 1 unspecified atom stereocenters. The molecule has 0 aromatic heterocycles. The molecule has 1 aromatic carbocycles. The van der Waals surface area contributed by atoms with E-state index in [0.29, 0.717) is 17.2 Å². The third kappa shape index (κ3) is 3.90. The van der Waals surface area contributed by atoms with Gasteiger partial charge in [-0.2, -0.15) is 0 Å². The lowest BCUT2D eigenvalue weighted by atomic mass is 10.1. The lowest BCUT2D eigenvalue weighted by Crippen LogP contribution is -2.34. The molecule has 4 nitrogen and oxygen atoms in total. The Morgan fingerprint density at radius 3 is 2.79 bits per heavy atom. The van der Waals surface area contributed by atoms with Gasteiger partial charge in [-0.05, 0) is 47.0 Å². The fourth-order valence-corrected chi connectivity index (χ4v) is 4.40. The van der Waals surface area contributed by atoms with Crippen LogP contribution in [0.2, 0.25) is 0 Å². The summed E-state index contributed by atoms with van der Waals surface area (Å²) in [5.74, 6) is 0.489. The summed E-state index contributed by atoms with van der Waals surface area (Å²) in [6.45, 7) is 0. The number of anilines is 1. The van der Waals surface area contributed by atoms with Gasteiger partial charge in [0.25, 0.3) is 0 Å². The van der Waals surface area contributed by atoms with E-state index in [0.717, 1.165) is 22.1 Å². The molecule has 104 valence electrons. The van der Waals surface area contributed by atoms with Crippen LogP contribution < -0.4 is 11.1 Å². The van der Waals surface area contributed by atoms with Crippen molar-refractivity contribution in [3.63, 3.8) is 0 Å². The third-order valence-electron chi connectivity index (χ3n) is 3.08. The molecule has 0 bridgehead atoms. The van der Waals surface area contributed by atoms with E-state index in [9.17, 15) is 8.42 Å². The molecule has 1 saturated heterocycles. The second-order valence-electron chi connectivity index (χ2n) is 4.66. The SMILES string of the molecule is NC(=S)c1ccc(NC2CCCS(=O)(=O)C2)c(Br)c1. The Morgan fingerprint density at radius 2 is 2.21 bits per heavy atom. The minimum Gasteiger partial charge on any atom is -0.389 e. The molecule has 1 atom stereocenters. The first-order chi connectivity index (χ1) is 8.87. The Morgan fingerprint density at radius 1 is 1.47 bits per heavy atom. The van der Waals surface area contributed by atoms with Crippen molar-refractivity contribution in [3.05, 3.63) is 28.2 Å². The maximum atomic E-state index is 11.6. The molecule has 0 radical (unpaired) electrons. The number of thiocarbonyl (C=S) groups is 1. The topological polar surface area (TPSA) is 72.2 Å².